The van der Waals surface area contributed by atoms with Crippen molar-refractivity contribution in [3.05, 3.63) is 15.8 Å². The number of thiophene rings is 1. The summed E-state index contributed by atoms with van der Waals surface area (Å²) in [6, 6.07) is 0. The van der Waals surface area contributed by atoms with E-state index in [9.17, 15) is 8.42 Å². The summed E-state index contributed by atoms with van der Waals surface area (Å²) in [7, 11) is -1.58. The zero-order valence-electron chi connectivity index (χ0n) is 11.3. The summed E-state index contributed by atoms with van der Waals surface area (Å²) in [5, 5.41) is 4.94. The van der Waals surface area contributed by atoms with E-state index in [1.807, 2.05) is 19.4 Å². The molecule has 2 rings (SSSR count). The summed E-state index contributed by atoms with van der Waals surface area (Å²) in [5.74, 6) is 0. The molecule has 1 saturated heterocycles. The average Bonchev–Trinajstić information content (AvgIpc) is 2.60. The first-order chi connectivity index (χ1) is 9.07. The van der Waals surface area contributed by atoms with E-state index < -0.39 is 10.0 Å². The quantitative estimate of drug-likeness (QED) is 0.908. The van der Waals surface area contributed by atoms with Crippen LogP contribution in [0.25, 0.3) is 0 Å². The number of ether oxygens (including phenoxy) is 1. The molecule has 0 bridgehead atoms. The highest BCUT2D eigenvalue weighted by Gasteiger charge is 2.30. The zero-order chi connectivity index (χ0) is 13.9. The van der Waals surface area contributed by atoms with Gasteiger partial charge in [-0.25, -0.2) is 8.42 Å². The van der Waals surface area contributed by atoms with Gasteiger partial charge < -0.3 is 10.1 Å². The molecule has 19 heavy (non-hydrogen) atoms. The Morgan fingerprint density at radius 2 is 2.21 bits per heavy atom. The molecule has 0 aromatic carbocycles. The molecule has 1 aromatic rings. The fourth-order valence-electron chi connectivity index (χ4n) is 2.21. The fourth-order valence-corrected chi connectivity index (χ4v) is 5.44. The van der Waals surface area contributed by atoms with Crippen molar-refractivity contribution >= 4 is 21.4 Å². The van der Waals surface area contributed by atoms with Crippen molar-refractivity contribution in [3.8, 4) is 0 Å². The van der Waals surface area contributed by atoms with E-state index in [-0.39, 0.29) is 0 Å². The number of rotatable bonds is 4. The first-order valence-corrected chi connectivity index (χ1v) is 8.69. The molecular weight excluding hydrogens is 284 g/mol. The van der Waals surface area contributed by atoms with Gasteiger partial charge in [0.15, 0.2) is 0 Å². The third-order valence-electron chi connectivity index (χ3n) is 3.11. The predicted molar refractivity (Wildman–Crippen MR) is 76.0 cm³/mol. The van der Waals surface area contributed by atoms with Crippen molar-refractivity contribution in [1.82, 2.24) is 9.62 Å². The summed E-state index contributed by atoms with van der Waals surface area (Å²) >= 11 is 1.50. The predicted octanol–water partition coefficient (Wildman–Crippen LogP) is 1.19. The minimum Gasteiger partial charge on any atom is -0.380 e. The van der Waals surface area contributed by atoms with E-state index in [1.54, 1.807) is 4.31 Å². The van der Waals surface area contributed by atoms with Crippen LogP contribution in [0.4, 0.5) is 0 Å². The third-order valence-corrected chi connectivity index (χ3v) is 6.47. The largest absolute Gasteiger partial charge is 0.380 e. The number of sulfonamides is 1. The van der Waals surface area contributed by atoms with Crippen molar-refractivity contribution in [2.75, 3.05) is 33.4 Å². The molecule has 7 heteroatoms. The maximum Gasteiger partial charge on any atom is 0.244 e. The summed E-state index contributed by atoms with van der Waals surface area (Å²) in [6.07, 6.45) is 0.754. The highest BCUT2D eigenvalue weighted by atomic mass is 32.2. The van der Waals surface area contributed by atoms with Gasteiger partial charge in [0.2, 0.25) is 10.0 Å². The summed E-state index contributed by atoms with van der Waals surface area (Å²) in [6.45, 7) is 4.53. The molecule has 108 valence electrons. The molecule has 0 unspecified atom stereocenters. The van der Waals surface area contributed by atoms with Gasteiger partial charge in [-0.2, -0.15) is 4.31 Å². The Balaban J connectivity index is 2.35. The molecule has 0 radical (unpaired) electrons. The van der Waals surface area contributed by atoms with Crippen molar-refractivity contribution in [3.63, 3.8) is 0 Å². The van der Waals surface area contributed by atoms with E-state index >= 15 is 0 Å². The Morgan fingerprint density at radius 3 is 2.95 bits per heavy atom. The normalized spacial score (nSPS) is 18.4. The van der Waals surface area contributed by atoms with Crippen LogP contribution in [0.15, 0.2) is 10.3 Å². The van der Waals surface area contributed by atoms with Crippen LogP contribution in [0.2, 0.25) is 0 Å². The van der Waals surface area contributed by atoms with E-state index in [4.69, 9.17) is 4.74 Å². The maximum absolute atomic E-state index is 12.8. The summed E-state index contributed by atoms with van der Waals surface area (Å²) in [5.41, 5.74) is 0.834. The second kappa shape index (κ2) is 6.32. The molecule has 1 aliphatic rings. The molecule has 0 amide bonds. The van der Waals surface area contributed by atoms with Gasteiger partial charge in [0.05, 0.1) is 6.61 Å². The van der Waals surface area contributed by atoms with E-state index in [1.165, 1.54) is 11.3 Å². The highest BCUT2D eigenvalue weighted by Crippen LogP contribution is 2.29. The number of nitrogens with one attached hydrogen (secondary N) is 1. The van der Waals surface area contributed by atoms with Crippen LogP contribution in [0.1, 0.15) is 16.9 Å². The zero-order valence-corrected chi connectivity index (χ0v) is 12.9. The molecule has 5 nitrogen and oxygen atoms in total. The molecule has 1 fully saturated rings. The van der Waals surface area contributed by atoms with Gasteiger partial charge in [-0.3, -0.25) is 0 Å². The lowest BCUT2D eigenvalue weighted by molar-refractivity contribution is 0.148. The lowest BCUT2D eigenvalue weighted by Crippen LogP contribution is -2.34. The second-order valence-corrected chi connectivity index (χ2v) is 7.41. The monoisotopic (exact) mass is 304 g/mol. The molecule has 0 aliphatic carbocycles. The van der Waals surface area contributed by atoms with Gasteiger partial charge in [-0.15, -0.1) is 11.3 Å². The maximum atomic E-state index is 12.8. The topological polar surface area (TPSA) is 58.6 Å². The van der Waals surface area contributed by atoms with Crippen molar-refractivity contribution < 1.29 is 13.2 Å². The Hall–Kier alpha value is -0.470. The van der Waals surface area contributed by atoms with Crippen LogP contribution >= 0.6 is 11.3 Å². The van der Waals surface area contributed by atoms with E-state index in [0.29, 0.717) is 37.7 Å². The molecule has 2 heterocycles. The first kappa shape index (κ1) is 14.9. The Kier molecular flexibility index (Phi) is 4.97. The van der Waals surface area contributed by atoms with Crippen LogP contribution in [0, 0.1) is 6.92 Å². The van der Waals surface area contributed by atoms with Crippen LogP contribution in [0.5, 0.6) is 0 Å². The Bertz CT molecular complexity index is 517. The number of nitrogens with zero attached hydrogens (tertiary/aromatic N) is 1. The van der Waals surface area contributed by atoms with Crippen LogP contribution < -0.4 is 5.32 Å². The van der Waals surface area contributed by atoms with Gasteiger partial charge in [-0.05, 0) is 31.3 Å². The van der Waals surface area contributed by atoms with Gasteiger partial charge in [0.25, 0.3) is 0 Å². The molecule has 1 aliphatic heterocycles. The molecular formula is C12H20N2O3S2. The van der Waals surface area contributed by atoms with E-state index in [0.717, 1.165) is 16.9 Å². The number of hydrogen-bond acceptors (Lipinski definition) is 5. The molecule has 1 N–H and O–H groups in total. The molecule has 0 saturated carbocycles. The minimum atomic E-state index is -3.40. The van der Waals surface area contributed by atoms with Gasteiger partial charge >= 0.3 is 0 Å². The minimum absolute atomic E-state index is 0.441. The smallest absolute Gasteiger partial charge is 0.244 e. The van der Waals surface area contributed by atoms with Crippen LogP contribution in [0.3, 0.4) is 0 Å². The van der Waals surface area contributed by atoms with Crippen molar-refractivity contribution in [2.45, 2.75) is 24.8 Å². The molecule has 0 atom stereocenters. The molecule has 1 aromatic heterocycles. The Morgan fingerprint density at radius 1 is 1.42 bits per heavy atom. The summed E-state index contributed by atoms with van der Waals surface area (Å²) in [4.78, 5) is 1.36. The second-order valence-electron chi connectivity index (χ2n) is 4.57. The first-order valence-electron chi connectivity index (χ1n) is 6.37. The number of hydrogen-bond donors (Lipinski definition) is 1. The standard InChI is InChI=1S/C12H20N2O3S2/c1-10-9-18-11(8-13-2)12(10)19(15,16)14-4-3-6-17-7-5-14/h9,13H,3-8H2,1-2H3. The summed E-state index contributed by atoms with van der Waals surface area (Å²) < 4.78 is 32.4. The SMILES string of the molecule is CNCc1scc(C)c1S(=O)(=O)N1CCCOCC1. The van der Waals surface area contributed by atoms with Crippen molar-refractivity contribution in [2.24, 2.45) is 0 Å². The number of aryl methyl sites for hydroxylation is 1. The Labute approximate surface area is 118 Å². The van der Waals surface area contributed by atoms with Gasteiger partial charge in [-0.1, -0.05) is 0 Å². The van der Waals surface area contributed by atoms with Crippen molar-refractivity contribution in [1.29, 1.82) is 0 Å². The average molecular weight is 304 g/mol. The highest BCUT2D eigenvalue weighted by molar-refractivity contribution is 7.89. The van der Waals surface area contributed by atoms with Crippen LogP contribution in [-0.2, 0) is 21.3 Å². The lowest BCUT2D eigenvalue weighted by atomic mass is 10.3. The third kappa shape index (κ3) is 3.17. The van der Waals surface area contributed by atoms with Gasteiger partial charge in [0, 0.05) is 31.1 Å². The van der Waals surface area contributed by atoms with Crippen LogP contribution in [-0.4, -0.2) is 46.1 Å². The van der Waals surface area contributed by atoms with E-state index in [2.05, 4.69) is 5.32 Å². The van der Waals surface area contributed by atoms with Gasteiger partial charge in [0.1, 0.15) is 4.90 Å². The lowest BCUT2D eigenvalue weighted by Gasteiger charge is -2.20. The molecule has 0 spiro atoms. The fraction of sp³-hybridized carbons (Fsp3) is 0.667.